The van der Waals surface area contributed by atoms with Gasteiger partial charge in [-0.15, -0.1) is 0 Å². The summed E-state index contributed by atoms with van der Waals surface area (Å²) in [6, 6.07) is 9.03. The van der Waals surface area contributed by atoms with Gasteiger partial charge in [0.25, 0.3) is 5.91 Å². The molecule has 1 aromatic carbocycles. The second-order valence-corrected chi connectivity index (χ2v) is 6.21. The third-order valence-electron chi connectivity index (χ3n) is 4.36. The van der Waals surface area contributed by atoms with Crippen LogP contribution in [0.2, 0.25) is 0 Å². The lowest BCUT2D eigenvalue weighted by molar-refractivity contribution is 0.0935. The third kappa shape index (κ3) is 3.38. The van der Waals surface area contributed by atoms with Crippen molar-refractivity contribution in [2.75, 3.05) is 0 Å². The number of nitrogens with zero attached hydrogens (tertiary/aromatic N) is 1. The van der Waals surface area contributed by atoms with E-state index in [4.69, 9.17) is 5.26 Å². The summed E-state index contributed by atoms with van der Waals surface area (Å²) >= 11 is 0. The van der Waals surface area contributed by atoms with Crippen molar-refractivity contribution in [2.45, 2.75) is 25.3 Å². The van der Waals surface area contributed by atoms with Crippen LogP contribution in [0.5, 0.6) is 0 Å². The number of H-pyrrole nitrogens is 1. The first-order chi connectivity index (χ1) is 12.0. The van der Waals surface area contributed by atoms with Crippen molar-refractivity contribution in [3.63, 3.8) is 0 Å². The van der Waals surface area contributed by atoms with Gasteiger partial charge in [0.2, 0.25) is 0 Å². The first-order valence-electron chi connectivity index (χ1n) is 8.00. The van der Waals surface area contributed by atoms with Crippen molar-refractivity contribution in [1.82, 2.24) is 10.3 Å². The predicted molar refractivity (Wildman–Crippen MR) is 95.6 cm³/mol. The van der Waals surface area contributed by atoms with E-state index in [2.05, 4.69) is 22.9 Å². The number of amides is 1. The molecule has 1 aromatic heterocycles. The largest absolute Gasteiger partial charge is 0.351 e. The number of carbonyl (C=O) groups excluding carboxylic acids is 1. The van der Waals surface area contributed by atoms with Crippen LogP contribution in [-0.4, -0.2) is 16.4 Å². The molecule has 0 saturated heterocycles. The Kier molecular flexibility index (Phi) is 4.28. The molecule has 1 fully saturated rings. The van der Waals surface area contributed by atoms with E-state index in [1.807, 2.05) is 0 Å². The van der Waals surface area contributed by atoms with Crippen LogP contribution < -0.4 is 5.32 Å². The van der Waals surface area contributed by atoms with Crippen molar-refractivity contribution < 1.29 is 9.18 Å². The normalized spacial score (nSPS) is 16.4. The van der Waals surface area contributed by atoms with Crippen molar-refractivity contribution in [3.05, 3.63) is 71.7 Å². The molecule has 5 heteroatoms. The topological polar surface area (TPSA) is 68.7 Å². The van der Waals surface area contributed by atoms with Gasteiger partial charge >= 0.3 is 0 Å². The molecule has 2 aromatic rings. The fourth-order valence-electron chi connectivity index (χ4n) is 2.85. The van der Waals surface area contributed by atoms with Crippen LogP contribution in [0.15, 0.2) is 60.5 Å². The SMILES string of the molecule is C=C/C(=C\C=C(/C)F)C1(NC(=O)c2cc3cc(C#N)ccc3[nH]2)CC1. The van der Waals surface area contributed by atoms with E-state index in [-0.39, 0.29) is 11.7 Å². The standard InChI is InChI=1S/C20H18FN3O/c1-3-16(6-4-13(2)21)20(8-9-20)24-19(25)18-11-15-10-14(12-22)5-7-17(15)23-18/h3-7,10-11,23H,1,8-9H2,2H3,(H,24,25)/b13-4+,16-6+. The maximum absolute atomic E-state index is 13.0. The van der Waals surface area contributed by atoms with Crippen LogP contribution in [-0.2, 0) is 0 Å². The molecular weight excluding hydrogens is 317 g/mol. The number of nitriles is 1. The fraction of sp³-hybridized carbons (Fsp3) is 0.200. The fourth-order valence-corrected chi connectivity index (χ4v) is 2.85. The van der Waals surface area contributed by atoms with Gasteiger partial charge in [-0.3, -0.25) is 4.79 Å². The van der Waals surface area contributed by atoms with Crippen LogP contribution in [0, 0.1) is 11.3 Å². The molecule has 25 heavy (non-hydrogen) atoms. The highest BCUT2D eigenvalue weighted by Gasteiger charge is 2.46. The van der Waals surface area contributed by atoms with Gasteiger partial charge in [-0.25, -0.2) is 4.39 Å². The maximum Gasteiger partial charge on any atom is 0.268 e. The van der Waals surface area contributed by atoms with Crippen LogP contribution in [0.4, 0.5) is 4.39 Å². The molecule has 0 bridgehead atoms. The van der Waals surface area contributed by atoms with Gasteiger partial charge in [0, 0.05) is 10.9 Å². The van der Waals surface area contributed by atoms with Gasteiger partial charge in [-0.1, -0.05) is 18.7 Å². The highest BCUT2D eigenvalue weighted by molar-refractivity contribution is 5.99. The Morgan fingerprint density at radius 2 is 2.16 bits per heavy atom. The second kappa shape index (κ2) is 6.40. The summed E-state index contributed by atoms with van der Waals surface area (Å²) in [5.41, 5.74) is 2.07. The molecule has 3 rings (SSSR count). The van der Waals surface area contributed by atoms with Crippen LogP contribution >= 0.6 is 0 Å². The van der Waals surface area contributed by atoms with Crippen molar-refractivity contribution >= 4 is 16.8 Å². The van der Waals surface area contributed by atoms with Crippen LogP contribution in [0.1, 0.15) is 35.8 Å². The monoisotopic (exact) mass is 335 g/mol. The smallest absolute Gasteiger partial charge is 0.268 e. The van der Waals surface area contributed by atoms with E-state index >= 15 is 0 Å². The molecule has 0 aliphatic heterocycles. The second-order valence-electron chi connectivity index (χ2n) is 6.21. The molecule has 1 aliphatic carbocycles. The Labute approximate surface area is 145 Å². The summed E-state index contributed by atoms with van der Waals surface area (Å²) < 4.78 is 13.0. The molecule has 126 valence electrons. The molecule has 0 radical (unpaired) electrons. The number of aromatic nitrogens is 1. The average Bonchev–Trinajstić information content (AvgIpc) is 3.22. The molecule has 1 aliphatic rings. The van der Waals surface area contributed by atoms with E-state index in [0.717, 1.165) is 29.3 Å². The molecule has 0 spiro atoms. The summed E-state index contributed by atoms with van der Waals surface area (Å²) in [6.45, 7) is 5.14. The number of aromatic amines is 1. The summed E-state index contributed by atoms with van der Waals surface area (Å²) in [6.07, 6.45) is 6.25. The maximum atomic E-state index is 13.0. The lowest BCUT2D eigenvalue weighted by Gasteiger charge is -2.18. The van der Waals surface area contributed by atoms with Gasteiger partial charge in [0.15, 0.2) is 0 Å². The number of rotatable bonds is 5. The van der Waals surface area contributed by atoms with Crippen LogP contribution in [0.3, 0.4) is 0 Å². The van der Waals surface area contributed by atoms with E-state index in [1.54, 1.807) is 36.4 Å². The number of hydrogen-bond acceptors (Lipinski definition) is 2. The van der Waals surface area contributed by atoms with Crippen molar-refractivity contribution in [1.29, 1.82) is 5.26 Å². The van der Waals surface area contributed by atoms with Gasteiger partial charge in [-0.05, 0) is 55.7 Å². The first-order valence-corrected chi connectivity index (χ1v) is 8.00. The quantitative estimate of drug-likeness (QED) is 0.800. The van der Waals surface area contributed by atoms with Crippen molar-refractivity contribution in [2.24, 2.45) is 0 Å². The molecule has 0 unspecified atom stereocenters. The summed E-state index contributed by atoms with van der Waals surface area (Å²) in [5, 5.41) is 12.8. The Bertz CT molecular complexity index is 951. The molecule has 0 atom stereocenters. The van der Waals surface area contributed by atoms with E-state index in [9.17, 15) is 9.18 Å². The first kappa shape index (κ1) is 16.7. The molecule has 1 saturated carbocycles. The zero-order valence-corrected chi connectivity index (χ0v) is 13.9. The predicted octanol–water partition coefficient (Wildman–Crippen LogP) is 4.29. The Morgan fingerprint density at radius 1 is 1.40 bits per heavy atom. The highest BCUT2D eigenvalue weighted by atomic mass is 19.1. The summed E-state index contributed by atoms with van der Waals surface area (Å²) in [7, 11) is 0. The number of carbonyl (C=O) groups is 1. The molecule has 4 nitrogen and oxygen atoms in total. The van der Waals surface area contributed by atoms with E-state index in [1.165, 1.54) is 13.0 Å². The zero-order chi connectivity index (χ0) is 18.0. The molecular formula is C20H18FN3O. The van der Waals surface area contributed by atoms with E-state index < -0.39 is 5.54 Å². The molecule has 1 amide bonds. The third-order valence-corrected chi connectivity index (χ3v) is 4.36. The average molecular weight is 335 g/mol. The zero-order valence-electron chi connectivity index (χ0n) is 13.9. The minimum Gasteiger partial charge on any atom is -0.351 e. The summed E-state index contributed by atoms with van der Waals surface area (Å²) in [4.78, 5) is 15.7. The van der Waals surface area contributed by atoms with Gasteiger partial charge in [0.1, 0.15) is 5.69 Å². The van der Waals surface area contributed by atoms with Crippen LogP contribution in [0.25, 0.3) is 10.9 Å². The number of fused-ring (bicyclic) bond motifs is 1. The Hall–Kier alpha value is -3.13. The molecule has 2 N–H and O–H groups in total. The Morgan fingerprint density at radius 3 is 2.76 bits per heavy atom. The Balaban J connectivity index is 1.84. The molecule has 1 heterocycles. The van der Waals surface area contributed by atoms with Gasteiger partial charge < -0.3 is 10.3 Å². The number of halogens is 1. The number of nitrogens with one attached hydrogen (secondary N) is 2. The minimum atomic E-state index is -0.486. The summed E-state index contributed by atoms with van der Waals surface area (Å²) in [5.74, 6) is -0.536. The van der Waals surface area contributed by atoms with E-state index in [0.29, 0.717) is 11.3 Å². The lowest BCUT2D eigenvalue weighted by Crippen LogP contribution is -2.38. The highest BCUT2D eigenvalue weighted by Crippen LogP contribution is 2.43. The number of hydrogen-bond donors (Lipinski definition) is 2. The van der Waals surface area contributed by atoms with Crippen molar-refractivity contribution in [3.8, 4) is 6.07 Å². The number of benzene rings is 1. The van der Waals surface area contributed by atoms with Gasteiger partial charge in [-0.2, -0.15) is 5.26 Å². The van der Waals surface area contributed by atoms with Gasteiger partial charge in [0.05, 0.1) is 23.0 Å². The number of allylic oxidation sites excluding steroid dienone is 3. The minimum absolute atomic E-state index is 0.235. The lowest BCUT2D eigenvalue weighted by atomic mass is 10.0.